The summed E-state index contributed by atoms with van der Waals surface area (Å²) in [5, 5.41) is 11.3. The van der Waals surface area contributed by atoms with Gasteiger partial charge in [-0.3, -0.25) is 4.79 Å². The van der Waals surface area contributed by atoms with Gasteiger partial charge in [-0.25, -0.2) is 14.4 Å². The predicted octanol–water partition coefficient (Wildman–Crippen LogP) is 3.15. The standard InChI is InChI=1S/C20H15ClN4O5/c1-28-19-14(20(27)29-2)7-11-5-13(21)6-12(17(11)23-19)9-22-18(26)10-3-4-15-16(8-10)25-30-24-15/h3-8H,9H2,1-2H3,(H,22,26). The van der Waals surface area contributed by atoms with Crippen LogP contribution >= 0.6 is 11.6 Å². The van der Waals surface area contributed by atoms with Crippen molar-refractivity contribution in [2.45, 2.75) is 6.54 Å². The van der Waals surface area contributed by atoms with Gasteiger partial charge in [0.25, 0.3) is 5.91 Å². The molecular weight excluding hydrogens is 412 g/mol. The quantitative estimate of drug-likeness (QED) is 0.484. The molecule has 10 heteroatoms. The molecule has 0 bridgehead atoms. The molecule has 1 N–H and O–H groups in total. The van der Waals surface area contributed by atoms with Gasteiger partial charge >= 0.3 is 5.97 Å². The highest BCUT2D eigenvalue weighted by molar-refractivity contribution is 6.31. The molecule has 0 aliphatic carbocycles. The number of methoxy groups -OCH3 is 2. The molecule has 0 spiro atoms. The number of benzene rings is 2. The van der Waals surface area contributed by atoms with E-state index in [-0.39, 0.29) is 23.9 Å². The van der Waals surface area contributed by atoms with Crippen LogP contribution in [0.15, 0.2) is 41.0 Å². The number of fused-ring (bicyclic) bond motifs is 2. The van der Waals surface area contributed by atoms with Crippen molar-refractivity contribution in [3.63, 3.8) is 0 Å². The molecule has 0 aliphatic rings. The van der Waals surface area contributed by atoms with Gasteiger partial charge in [-0.1, -0.05) is 11.6 Å². The third-order valence-corrected chi connectivity index (χ3v) is 4.70. The number of amides is 1. The Morgan fingerprint density at radius 2 is 1.90 bits per heavy atom. The number of hydrogen-bond acceptors (Lipinski definition) is 8. The Morgan fingerprint density at radius 1 is 1.10 bits per heavy atom. The summed E-state index contributed by atoms with van der Waals surface area (Å²) in [4.78, 5) is 29.0. The lowest BCUT2D eigenvalue weighted by molar-refractivity contribution is 0.0596. The van der Waals surface area contributed by atoms with Crippen molar-refractivity contribution < 1.29 is 23.7 Å². The van der Waals surface area contributed by atoms with E-state index in [1.54, 1.807) is 36.4 Å². The van der Waals surface area contributed by atoms with Gasteiger partial charge < -0.3 is 14.8 Å². The number of nitrogens with one attached hydrogen (secondary N) is 1. The summed E-state index contributed by atoms with van der Waals surface area (Å²) in [6, 6.07) is 9.82. The van der Waals surface area contributed by atoms with E-state index in [2.05, 4.69) is 25.2 Å². The van der Waals surface area contributed by atoms with Crippen molar-refractivity contribution >= 4 is 45.4 Å². The van der Waals surface area contributed by atoms with Crippen molar-refractivity contribution in [1.82, 2.24) is 20.6 Å². The molecule has 0 saturated heterocycles. The number of esters is 1. The fourth-order valence-electron chi connectivity index (χ4n) is 3.05. The molecule has 1 amide bonds. The number of rotatable bonds is 5. The van der Waals surface area contributed by atoms with Crippen LogP contribution in [-0.4, -0.2) is 41.4 Å². The second-order valence-corrected chi connectivity index (χ2v) is 6.76. The van der Waals surface area contributed by atoms with E-state index in [4.69, 9.17) is 21.1 Å². The minimum Gasteiger partial charge on any atom is -0.480 e. The number of aromatic nitrogens is 3. The minimum atomic E-state index is -0.575. The third-order valence-electron chi connectivity index (χ3n) is 4.48. The number of carbonyl (C=O) groups is 2. The summed E-state index contributed by atoms with van der Waals surface area (Å²) in [6.07, 6.45) is 0. The summed E-state index contributed by atoms with van der Waals surface area (Å²) in [6.45, 7) is 0.152. The maximum absolute atomic E-state index is 12.6. The summed E-state index contributed by atoms with van der Waals surface area (Å²) in [5.74, 6) is -0.770. The fourth-order valence-corrected chi connectivity index (χ4v) is 3.30. The SMILES string of the molecule is COC(=O)c1cc2cc(Cl)cc(CNC(=O)c3ccc4nonc4c3)c2nc1OC. The van der Waals surface area contributed by atoms with Gasteiger partial charge in [-0.15, -0.1) is 0 Å². The molecule has 2 heterocycles. The van der Waals surface area contributed by atoms with Crippen LogP contribution in [-0.2, 0) is 11.3 Å². The van der Waals surface area contributed by atoms with E-state index in [1.165, 1.54) is 14.2 Å². The molecule has 2 aromatic heterocycles. The minimum absolute atomic E-state index is 0.119. The number of nitrogens with zero attached hydrogens (tertiary/aromatic N) is 3. The Kier molecular flexibility index (Phi) is 5.20. The molecule has 0 fully saturated rings. The van der Waals surface area contributed by atoms with Crippen LogP contribution in [0.5, 0.6) is 5.88 Å². The van der Waals surface area contributed by atoms with Gasteiger partial charge in [0.1, 0.15) is 16.6 Å². The monoisotopic (exact) mass is 426 g/mol. The van der Waals surface area contributed by atoms with E-state index >= 15 is 0 Å². The van der Waals surface area contributed by atoms with Crippen LogP contribution in [0.1, 0.15) is 26.3 Å². The first-order valence-electron chi connectivity index (χ1n) is 8.76. The van der Waals surface area contributed by atoms with Crippen molar-refractivity contribution in [1.29, 1.82) is 0 Å². The zero-order chi connectivity index (χ0) is 21.3. The van der Waals surface area contributed by atoms with Gasteiger partial charge in [0.05, 0.1) is 19.7 Å². The smallest absolute Gasteiger partial charge is 0.343 e. The molecule has 30 heavy (non-hydrogen) atoms. The van der Waals surface area contributed by atoms with Gasteiger partial charge in [-0.05, 0) is 52.3 Å². The molecule has 0 saturated carbocycles. The Morgan fingerprint density at radius 3 is 2.67 bits per heavy atom. The summed E-state index contributed by atoms with van der Waals surface area (Å²) < 4.78 is 14.7. The highest BCUT2D eigenvalue weighted by Gasteiger charge is 2.18. The lowest BCUT2D eigenvalue weighted by Crippen LogP contribution is -2.23. The average Bonchev–Trinajstić information content (AvgIpc) is 3.23. The molecule has 2 aromatic carbocycles. The maximum atomic E-state index is 12.6. The first-order chi connectivity index (χ1) is 14.5. The van der Waals surface area contributed by atoms with Crippen LogP contribution in [0.4, 0.5) is 0 Å². The van der Waals surface area contributed by atoms with Gasteiger partial charge in [0.2, 0.25) is 5.88 Å². The Balaban J connectivity index is 1.66. The van der Waals surface area contributed by atoms with Crippen molar-refractivity contribution in [2.24, 2.45) is 0 Å². The van der Waals surface area contributed by atoms with Gasteiger partial charge in [0, 0.05) is 22.5 Å². The number of carbonyl (C=O) groups excluding carboxylic acids is 2. The number of pyridine rings is 1. The molecule has 4 aromatic rings. The molecule has 9 nitrogen and oxygen atoms in total. The lowest BCUT2D eigenvalue weighted by Gasteiger charge is -2.12. The predicted molar refractivity (Wildman–Crippen MR) is 108 cm³/mol. The maximum Gasteiger partial charge on any atom is 0.343 e. The molecule has 152 valence electrons. The number of halogens is 1. The highest BCUT2D eigenvalue weighted by Crippen LogP contribution is 2.28. The molecule has 0 atom stereocenters. The van der Waals surface area contributed by atoms with Gasteiger partial charge in [0.15, 0.2) is 0 Å². The Labute approximate surface area is 174 Å². The second kappa shape index (κ2) is 7.96. The first-order valence-corrected chi connectivity index (χ1v) is 9.14. The Hall–Kier alpha value is -3.72. The molecular formula is C20H15ClN4O5. The van der Waals surface area contributed by atoms with Crippen molar-refractivity contribution in [2.75, 3.05) is 14.2 Å². The van der Waals surface area contributed by atoms with E-state index in [0.29, 0.717) is 38.1 Å². The fraction of sp³-hybridized carbons (Fsp3) is 0.150. The van der Waals surface area contributed by atoms with Crippen LogP contribution in [0.25, 0.3) is 21.9 Å². The molecule has 0 unspecified atom stereocenters. The molecule has 0 radical (unpaired) electrons. The van der Waals surface area contributed by atoms with Crippen molar-refractivity contribution in [3.8, 4) is 5.88 Å². The van der Waals surface area contributed by atoms with Gasteiger partial charge in [-0.2, -0.15) is 0 Å². The zero-order valence-corrected chi connectivity index (χ0v) is 16.7. The largest absolute Gasteiger partial charge is 0.480 e. The van der Waals surface area contributed by atoms with Crippen LogP contribution in [0.2, 0.25) is 5.02 Å². The van der Waals surface area contributed by atoms with Crippen molar-refractivity contribution in [3.05, 3.63) is 58.1 Å². The first kappa shape index (κ1) is 19.6. The molecule has 0 aliphatic heterocycles. The second-order valence-electron chi connectivity index (χ2n) is 6.32. The van der Waals surface area contributed by atoms with Crippen LogP contribution in [0.3, 0.4) is 0 Å². The summed E-state index contributed by atoms with van der Waals surface area (Å²) in [5.41, 5.74) is 2.83. The topological polar surface area (TPSA) is 116 Å². The summed E-state index contributed by atoms with van der Waals surface area (Å²) >= 11 is 6.23. The van der Waals surface area contributed by atoms with Crippen LogP contribution < -0.4 is 10.1 Å². The van der Waals surface area contributed by atoms with Crippen LogP contribution in [0, 0.1) is 0 Å². The van der Waals surface area contributed by atoms with E-state index < -0.39 is 5.97 Å². The van der Waals surface area contributed by atoms with E-state index in [1.807, 2.05) is 0 Å². The molecule has 4 rings (SSSR count). The normalized spacial score (nSPS) is 10.9. The van der Waals surface area contributed by atoms with E-state index in [0.717, 1.165) is 0 Å². The number of hydrogen-bond donors (Lipinski definition) is 1. The number of ether oxygens (including phenoxy) is 2. The zero-order valence-electron chi connectivity index (χ0n) is 15.9. The Bertz CT molecular complexity index is 1290. The summed E-state index contributed by atoms with van der Waals surface area (Å²) in [7, 11) is 2.68. The lowest BCUT2D eigenvalue weighted by atomic mass is 10.1. The average molecular weight is 427 g/mol. The highest BCUT2D eigenvalue weighted by atomic mass is 35.5. The third kappa shape index (κ3) is 3.62. The van der Waals surface area contributed by atoms with E-state index in [9.17, 15) is 9.59 Å².